The molecule has 0 radical (unpaired) electrons. The second-order valence-electron chi connectivity index (χ2n) is 6.64. The quantitative estimate of drug-likeness (QED) is 0.739. The van der Waals surface area contributed by atoms with Crippen LogP contribution in [0.4, 0.5) is 0 Å². The Morgan fingerprint density at radius 2 is 1.71 bits per heavy atom. The molecule has 106 valence electrons. The molecule has 0 saturated carbocycles. The Kier molecular flexibility index (Phi) is 3.50. The normalized spacial score (nSPS) is 18.2. The molecule has 1 nitrogen and oxygen atoms in total. The number of allylic oxidation sites excluding steroid dienone is 3. The van der Waals surface area contributed by atoms with Gasteiger partial charge in [-0.3, -0.25) is 4.79 Å². The van der Waals surface area contributed by atoms with Gasteiger partial charge in [0.05, 0.1) is 0 Å². The highest BCUT2D eigenvalue weighted by atomic mass is 16.1. The lowest BCUT2D eigenvalue weighted by Crippen LogP contribution is -2.21. The highest BCUT2D eigenvalue weighted by molar-refractivity contribution is 5.92. The lowest BCUT2D eigenvalue weighted by Gasteiger charge is -2.27. The maximum atomic E-state index is 11.8. The van der Waals surface area contributed by atoms with Gasteiger partial charge in [0.2, 0.25) is 0 Å². The summed E-state index contributed by atoms with van der Waals surface area (Å²) < 4.78 is 0. The van der Waals surface area contributed by atoms with Crippen LogP contribution >= 0.6 is 0 Å². The maximum Gasteiger partial charge on any atom is 0.156 e. The van der Waals surface area contributed by atoms with E-state index in [2.05, 4.69) is 68.5 Å². The van der Waals surface area contributed by atoms with E-state index in [1.807, 2.05) is 0 Å². The van der Waals surface area contributed by atoms with Crippen LogP contribution in [0.2, 0.25) is 0 Å². The molecule has 0 fully saturated rings. The van der Waals surface area contributed by atoms with Crippen LogP contribution in [0.15, 0.2) is 60.2 Å². The molecule has 21 heavy (non-hydrogen) atoms. The number of fused-ring (bicyclic) bond motifs is 1. The van der Waals surface area contributed by atoms with Crippen molar-refractivity contribution in [1.82, 2.24) is 0 Å². The van der Waals surface area contributed by atoms with Crippen molar-refractivity contribution < 1.29 is 4.79 Å². The average Bonchev–Trinajstić information content (AvgIpc) is 2.43. The Labute approximate surface area is 126 Å². The van der Waals surface area contributed by atoms with Crippen molar-refractivity contribution >= 4 is 22.6 Å². The third-order valence-corrected chi connectivity index (χ3v) is 3.95. The Hall–Kier alpha value is -2.15. The van der Waals surface area contributed by atoms with Gasteiger partial charge in [0.25, 0.3) is 0 Å². The molecule has 3 rings (SSSR count). The smallest absolute Gasteiger partial charge is 0.156 e. The van der Waals surface area contributed by atoms with Crippen LogP contribution in [0.25, 0.3) is 16.8 Å². The summed E-state index contributed by atoms with van der Waals surface area (Å²) in [6, 6.07) is 14.8. The summed E-state index contributed by atoms with van der Waals surface area (Å²) in [6.07, 6.45) is 7.60. The summed E-state index contributed by atoms with van der Waals surface area (Å²) >= 11 is 0. The van der Waals surface area contributed by atoms with Crippen LogP contribution in [-0.2, 0) is 4.79 Å². The van der Waals surface area contributed by atoms with E-state index in [4.69, 9.17) is 0 Å². The number of carbonyl (C=O) groups is 1. The topological polar surface area (TPSA) is 17.1 Å². The van der Waals surface area contributed by atoms with Gasteiger partial charge < -0.3 is 0 Å². The molecule has 0 bridgehead atoms. The Morgan fingerprint density at radius 1 is 0.952 bits per heavy atom. The fourth-order valence-corrected chi connectivity index (χ4v) is 3.02. The van der Waals surface area contributed by atoms with Crippen molar-refractivity contribution in [3.63, 3.8) is 0 Å². The molecule has 0 amide bonds. The summed E-state index contributed by atoms with van der Waals surface area (Å²) in [6.45, 7) is 4.31. The molecular weight excluding hydrogens is 256 g/mol. The first-order chi connectivity index (χ1) is 10.0. The molecule has 0 aliphatic heterocycles. The maximum absolute atomic E-state index is 11.8. The zero-order valence-corrected chi connectivity index (χ0v) is 12.6. The number of rotatable bonds is 2. The molecule has 0 saturated heterocycles. The van der Waals surface area contributed by atoms with Gasteiger partial charge in [-0.25, -0.2) is 0 Å². The SMILES string of the molecule is CC1(C)CC(=O)C=C(/C=C/c2ccc3ccccc3c2)C1. The van der Waals surface area contributed by atoms with Gasteiger partial charge >= 0.3 is 0 Å². The molecule has 0 heterocycles. The van der Waals surface area contributed by atoms with Gasteiger partial charge in [-0.2, -0.15) is 0 Å². The lowest BCUT2D eigenvalue weighted by atomic mass is 9.77. The van der Waals surface area contributed by atoms with E-state index in [0.29, 0.717) is 6.42 Å². The van der Waals surface area contributed by atoms with Gasteiger partial charge in [-0.15, -0.1) is 0 Å². The second-order valence-corrected chi connectivity index (χ2v) is 6.64. The van der Waals surface area contributed by atoms with E-state index in [-0.39, 0.29) is 11.2 Å². The number of ketones is 1. The number of benzene rings is 2. The Bertz CT molecular complexity index is 747. The minimum atomic E-state index is 0.0783. The van der Waals surface area contributed by atoms with E-state index in [0.717, 1.165) is 12.0 Å². The minimum Gasteiger partial charge on any atom is -0.295 e. The van der Waals surface area contributed by atoms with Gasteiger partial charge in [-0.05, 0) is 45.9 Å². The summed E-state index contributed by atoms with van der Waals surface area (Å²) in [5, 5.41) is 2.50. The lowest BCUT2D eigenvalue weighted by molar-refractivity contribution is -0.116. The van der Waals surface area contributed by atoms with Crippen molar-refractivity contribution in [2.45, 2.75) is 26.7 Å². The molecule has 2 aromatic rings. The highest BCUT2D eigenvalue weighted by Crippen LogP contribution is 2.34. The fourth-order valence-electron chi connectivity index (χ4n) is 3.02. The summed E-state index contributed by atoms with van der Waals surface area (Å²) in [7, 11) is 0. The highest BCUT2D eigenvalue weighted by Gasteiger charge is 2.26. The van der Waals surface area contributed by atoms with Gasteiger partial charge in [0, 0.05) is 6.42 Å². The van der Waals surface area contributed by atoms with E-state index in [1.54, 1.807) is 6.08 Å². The molecule has 1 aliphatic carbocycles. The second kappa shape index (κ2) is 5.33. The molecule has 0 aromatic heterocycles. The predicted octanol–water partition coefficient (Wildman–Crippen LogP) is 5.17. The summed E-state index contributed by atoms with van der Waals surface area (Å²) in [4.78, 5) is 11.8. The first-order valence-electron chi connectivity index (χ1n) is 7.42. The Balaban J connectivity index is 1.86. The molecule has 0 N–H and O–H groups in total. The largest absolute Gasteiger partial charge is 0.295 e. The zero-order chi connectivity index (χ0) is 14.9. The first kappa shape index (κ1) is 13.8. The van der Waals surface area contributed by atoms with Gasteiger partial charge in [-0.1, -0.05) is 62.4 Å². The van der Waals surface area contributed by atoms with Crippen molar-refractivity contribution in [3.05, 3.63) is 65.8 Å². The fraction of sp³-hybridized carbons (Fsp3) is 0.250. The van der Waals surface area contributed by atoms with Gasteiger partial charge in [0.15, 0.2) is 5.78 Å². The predicted molar refractivity (Wildman–Crippen MR) is 89.1 cm³/mol. The molecule has 0 unspecified atom stereocenters. The van der Waals surface area contributed by atoms with Gasteiger partial charge in [0.1, 0.15) is 0 Å². The third kappa shape index (κ3) is 3.30. The molecule has 0 spiro atoms. The minimum absolute atomic E-state index is 0.0783. The molecule has 0 atom stereocenters. The van der Waals surface area contributed by atoms with Crippen LogP contribution < -0.4 is 0 Å². The Morgan fingerprint density at radius 3 is 2.48 bits per heavy atom. The van der Waals surface area contributed by atoms with Crippen molar-refractivity contribution in [3.8, 4) is 0 Å². The van der Waals surface area contributed by atoms with Crippen molar-refractivity contribution in [2.75, 3.05) is 0 Å². The van der Waals surface area contributed by atoms with Crippen LogP contribution in [0, 0.1) is 5.41 Å². The summed E-state index contributed by atoms with van der Waals surface area (Å²) in [5.74, 6) is 0.240. The standard InChI is InChI=1S/C20H20O/c1-20(2)13-16(12-19(21)14-20)8-7-15-9-10-17-5-3-4-6-18(17)11-15/h3-12H,13-14H2,1-2H3/b8-7+. The molecular formula is C20H20O. The van der Waals surface area contributed by atoms with E-state index >= 15 is 0 Å². The van der Waals surface area contributed by atoms with Crippen molar-refractivity contribution in [2.24, 2.45) is 5.41 Å². The first-order valence-corrected chi connectivity index (χ1v) is 7.42. The zero-order valence-electron chi connectivity index (χ0n) is 12.6. The number of hydrogen-bond acceptors (Lipinski definition) is 1. The average molecular weight is 276 g/mol. The van der Waals surface area contributed by atoms with E-state index in [1.165, 1.54) is 16.3 Å². The monoisotopic (exact) mass is 276 g/mol. The number of carbonyl (C=O) groups excluding carboxylic acids is 1. The van der Waals surface area contributed by atoms with Crippen molar-refractivity contribution in [1.29, 1.82) is 0 Å². The van der Waals surface area contributed by atoms with E-state index in [9.17, 15) is 4.79 Å². The van der Waals surface area contributed by atoms with Crippen LogP contribution in [-0.4, -0.2) is 5.78 Å². The van der Waals surface area contributed by atoms with Crippen LogP contribution in [0.3, 0.4) is 0 Å². The molecule has 1 heteroatoms. The molecule has 1 aliphatic rings. The van der Waals surface area contributed by atoms with E-state index < -0.39 is 0 Å². The van der Waals surface area contributed by atoms with Crippen LogP contribution in [0.5, 0.6) is 0 Å². The van der Waals surface area contributed by atoms with Crippen LogP contribution in [0.1, 0.15) is 32.3 Å². The third-order valence-electron chi connectivity index (χ3n) is 3.95. The number of hydrogen-bond donors (Lipinski definition) is 0. The summed E-state index contributed by atoms with van der Waals surface area (Å²) in [5.41, 5.74) is 2.38. The molecule has 2 aromatic carbocycles.